The summed E-state index contributed by atoms with van der Waals surface area (Å²) < 4.78 is 0. The standard InChI is InChI=1S/C61H58N2/c1-39(2)43-9-17-47(18-10-43)49-25-31-55(32-26-49)63(56-33-27-50(28-34-56)48-19-11-44(12-20-48)40(3)4)61-57-37-53(51-21-13-45(14-22-51)41(5)6)29-35-59(57)62-60-36-30-54(38-58(60)61)52-23-15-46(16-24-52)42(7)8/h9-42H,1-8H3. The van der Waals surface area contributed by atoms with Gasteiger partial charge in [0.15, 0.2) is 0 Å². The van der Waals surface area contributed by atoms with Gasteiger partial charge in [0, 0.05) is 22.1 Å². The first-order valence-electron chi connectivity index (χ1n) is 22.8. The number of rotatable bonds is 11. The van der Waals surface area contributed by atoms with Crippen molar-refractivity contribution < 1.29 is 0 Å². The van der Waals surface area contributed by atoms with Crippen LogP contribution in [0.5, 0.6) is 0 Å². The predicted octanol–water partition coefficient (Wildman–Crippen LogP) is 18.0. The number of benzene rings is 8. The van der Waals surface area contributed by atoms with Crippen LogP contribution in [0.15, 0.2) is 182 Å². The molecule has 9 aromatic rings. The summed E-state index contributed by atoms with van der Waals surface area (Å²) in [5, 5.41) is 2.20. The number of aromatic nitrogens is 1. The van der Waals surface area contributed by atoms with E-state index in [9.17, 15) is 0 Å². The lowest BCUT2D eigenvalue weighted by Crippen LogP contribution is -2.12. The van der Waals surface area contributed by atoms with E-state index in [1.165, 1.54) is 66.8 Å². The molecule has 0 fully saturated rings. The molecule has 8 aromatic carbocycles. The molecule has 0 radical (unpaired) electrons. The van der Waals surface area contributed by atoms with E-state index in [0.29, 0.717) is 23.7 Å². The molecule has 63 heavy (non-hydrogen) atoms. The molecular weight excluding hydrogens is 761 g/mol. The van der Waals surface area contributed by atoms with E-state index < -0.39 is 0 Å². The second kappa shape index (κ2) is 17.5. The summed E-state index contributed by atoms with van der Waals surface area (Å²) in [6, 6.07) is 68.0. The maximum atomic E-state index is 5.37. The summed E-state index contributed by atoms with van der Waals surface area (Å²) >= 11 is 0. The van der Waals surface area contributed by atoms with Crippen molar-refractivity contribution in [2.45, 2.75) is 79.1 Å². The zero-order chi connectivity index (χ0) is 43.8. The molecule has 9 rings (SSSR count). The summed E-state index contributed by atoms with van der Waals surface area (Å²) in [4.78, 5) is 7.83. The third kappa shape index (κ3) is 8.56. The molecule has 2 nitrogen and oxygen atoms in total. The highest BCUT2D eigenvalue weighted by atomic mass is 15.1. The summed E-state index contributed by atoms with van der Waals surface area (Å²) in [7, 11) is 0. The largest absolute Gasteiger partial charge is 0.309 e. The molecule has 2 heteroatoms. The minimum absolute atomic E-state index is 0.471. The van der Waals surface area contributed by atoms with Gasteiger partial charge in [-0.1, -0.05) is 189 Å². The Labute approximate surface area is 374 Å². The number of hydrogen-bond donors (Lipinski definition) is 0. The van der Waals surface area contributed by atoms with Crippen molar-refractivity contribution in [1.29, 1.82) is 0 Å². The Kier molecular flexibility index (Phi) is 11.6. The Morgan fingerprint density at radius 1 is 0.286 bits per heavy atom. The van der Waals surface area contributed by atoms with Gasteiger partial charge in [-0.2, -0.15) is 0 Å². The van der Waals surface area contributed by atoms with Gasteiger partial charge in [0.1, 0.15) is 0 Å². The summed E-state index contributed by atoms with van der Waals surface area (Å²) in [6.45, 7) is 18.0. The van der Waals surface area contributed by atoms with Crippen LogP contribution in [0.2, 0.25) is 0 Å². The van der Waals surface area contributed by atoms with E-state index >= 15 is 0 Å². The van der Waals surface area contributed by atoms with Crippen LogP contribution in [-0.2, 0) is 0 Å². The lowest BCUT2D eigenvalue weighted by Gasteiger charge is -2.29. The SMILES string of the molecule is CC(C)c1ccc(-c2ccc(N(c3ccc(-c4ccc(C(C)C)cc4)cc3)c3c4cc(-c5ccc(C(C)C)cc5)ccc4nc4ccc(-c5ccc(C(C)C)cc5)cc34)cc2)cc1. The van der Waals surface area contributed by atoms with Gasteiger partial charge in [0.05, 0.1) is 16.7 Å². The molecule has 0 bridgehead atoms. The highest BCUT2D eigenvalue weighted by molar-refractivity contribution is 6.13. The zero-order valence-corrected chi connectivity index (χ0v) is 38.0. The van der Waals surface area contributed by atoms with Crippen LogP contribution in [0.1, 0.15) is 101 Å². The molecule has 0 N–H and O–H groups in total. The van der Waals surface area contributed by atoms with Crippen LogP contribution in [-0.4, -0.2) is 4.98 Å². The molecule has 0 saturated carbocycles. The monoisotopic (exact) mass is 818 g/mol. The van der Waals surface area contributed by atoms with Gasteiger partial charge < -0.3 is 4.90 Å². The normalized spacial score (nSPS) is 11.7. The highest BCUT2D eigenvalue weighted by Gasteiger charge is 2.22. The van der Waals surface area contributed by atoms with Crippen molar-refractivity contribution >= 4 is 38.9 Å². The van der Waals surface area contributed by atoms with Gasteiger partial charge >= 0.3 is 0 Å². The molecule has 0 aliphatic heterocycles. The highest BCUT2D eigenvalue weighted by Crippen LogP contribution is 2.46. The van der Waals surface area contributed by atoms with Crippen LogP contribution in [0.4, 0.5) is 17.1 Å². The maximum Gasteiger partial charge on any atom is 0.0731 e. The van der Waals surface area contributed by atoms with Crippen LogP contribution in [0.3, 0.4) is 0 Å². The first-order chi connectivity index (χ1) is 30.5. The third-order valence-corrected chi connectivity index (χ3v) is 12.9. The fourth-order valence-electron chi connectivity index (χ4n) is 8.78. The van der Waals surface area contributed by atoms with Crippen molar-refractivity contribution in [3.05, 3.63) is 204 Å². The number of nitrogens with zero attached hydrogens (tertiary/aromatic N) is 2. The van der Waals surface area contributed by atoms with Gasteiger partial charge in [-0.3, -0.25) is 0 Å². The Hall–Kier alpha value is -6.77. The molecule has 0 spiro atoms. The molecule has 0 unspecified atom stereocenters. The van der Waals surface area contributed by atoms with Crippen molar-refractivity contribution in [3.63, 3.8) is 0 Å². The number of anilines is 3. The lowest BCUT2D eigenvalue weighted by atomic mass is 9.95. The quantitative estimate of drug-likeness (QED) is 0.121. The molecular formula is C61H58N2. The number of fused-ring (bicyclic) bond motifs is 2. The Morgan fingerprint density at radius 3 is 0.794 bits per heavy atom. The van der Waals surface area contributed by atoms with Gasteiger partial charge in [0.25, 0.3) is 0 Å². The smallest absolute Gasteiger partial charge is 0.0731 e. The third-order valence-electron chi connectivity index (χ3n) is 12.9. The number of hydrogen-bond acceptors (Lipinski definition) is 2. The van der Waals surface area contributed by atoms with E-state index in [1.54, 1.807) is 0 Å². The van der Waals surface area contributed by atoms with Gasteiger partial charge in [-0.05, 0) is 139 Å². The van der Waals surface area contributed by atoms with Crippen molar-refractivity contribution in [1.82, 2.24) is 4.98 Å². The summed E-state index contributed by atoms with van der Waals surface area (Å²) in [5.74, 6) is 1.92. The summed E-state index contributed by atoms with van der Waals surface area (Å²) in [6.07, 6.45) is 0. The molecule has 0 aliphatic carbocycles. The zero-order valence-electron chi connectivity index (χ0n) is 38.0. The summed E-state index contributed by atoms with van der Waals surface area (Å²) in [5.41, 5.74) is 20.1. The average molecular weight is 819 g/mol. The topological polar surface area (TPSA) is 16.1 Å². The fourth-order valence-corrected chi connectivity index (χ4v) is 8.78. The molecule has 1 aromatic heterocycles. The molecule has 1 heterocycles. The van der Waals surface area contributed by atoms with E-state index in [-0.39, 0.29) is 0 Å². The van der Waals surface area contributed by atoms with Crippen molar-refractivity contribution in [3.8, 4) is 44.5 Å². The molecule has 0 amide bonds. The van der Waals surface area contributed by atoms with Crippen molar-refractivity contribution in [2.24, 2.45) is 0 Å². The van der Waals surface area contributed by atoms with Gasteiger partial charge in [0.2, 0.25) is 0 Å². The van der Waals surface area contributed by atoms with Gasteiger partial charge in [-0.25, -0.2) is 4.98 Å². The second-order valence-corrected chi connectivity index (χ2v) is 18.5. The van der Waals surface area contributed by atoms with Crippen LogP contribution in [0, 0.1) is 0 Å². The molecule has 0 saturated heterocycles. The minimum Gasteiger partial charge on any atom is -0.309 e. The number of pyridine rings is 1. The van der Waals surface area contributed by atoms with E-state index in [4.69, 9.17) is 4.98 Å². The Bertz CT molecular complexity index is 2790. The molecule has 312 valence electrons. The van der Waals surface area contributed by atoms with Crippen LogP contribution >= 0.6 is 0 Å². The Balaban J connectivity index is 1.27. The molecule has 0 aliphatic rings. The first kappa shape index (κ1) is 41.6. The fraction of sp³-hybridized carbons (Fsp3) is 0.197. The predicted molar refractivity (Wildman–Crippen MR) is 272 cm³/mol. The van der Waals surface area contributed by atoms with E-state index in [1.807, 2.05) is 0 Å². The van der Waals surface area contributed by atoms with E-state index in [2.05, 4.69) is 242 Å². The van der Waals surface area contributed by atoms with Gasteiger partial charge in [-0.15, -0.1) is 0 Å². The van der Waals surface area contributed by atoms with Crippen LogP contribution in [0.25, 0.3) is 66.3 Å². The van der Waals surface area contributed by atoms with E-state index in [0.717, 1.165) is 38.9 Å². The van der Waals surface area contributed by atoms with Crippen LogP contribution < -0.4 is 4.90 Å². The second-order valence-electron chi connectivity index (χ2n) is 18.5. The average Bonchev–Trinajstić information content (AvgIpc) is 3.31. The van der Waals surface area contributed by atoms with Crippen molar-refractivity contribution in [2.75, 3.05) is 4.90 Å². The molecule has 0 atom stereocenters. The maximum absolute atomic E-state index is 5.37. The lowest BCUT2D eigenvalue weighted by molar-refractivity contribution is 0.867. The first-order valence-corrected chi connectivity index (χ1v) is 22.8. The minimum atomic E-state index is 0.471. The Morgan fingerprint density at radius 2 is 0.524 bits per heavy atom.